The lowest BCUT2D eigenvalue weighted by Crippen LogP contribution is -2.10. The molecule has 1 fully saturated rings. The number of carbonyl (C=O) groups is 1. The Hall–Kier alpha value is 0.360. The number of rotatable bonds is 2. The number of hydrogen-bond donors (Lipinski definition) is 1. The molecule has 0 bridgehead atoms. The minimum atomic E-state index is 0.293. The van der Waals surface area contributed by atoms with Crippen LogP contribution in [0.15, 0.2) is 0 Å². The smallest absolute Gasteiger partial charge is 0.192 e. The highest BCUT2D eigenvalue weighted by atomic mass is 127. The van der Waals surface area contributed by atoms with Crippen LogP contribution < -0.4 is 5.32 Å². The molecule has 1 N–H and O–H groups in total. The second-order valence-electron chi connectivity index (χ2n) is 2.42. The molecular formula is C6H10INO. The molecule has 9 heavy (non-hydrogen) atoms. The molecule has 1 aliphatic heterocycles. The molecule has 1 aliphatic rings. The first-order valence-corrected chi connectivity index (χ1v) is 4.26. The fraction of sp³-hybridized carbons (Fsp3) is 0.833. The van der Waals surface area contributed by atoms with Crippen LogP contribution in [0.2, 0.25) is 0 Å². The maximum absolute atomic E-state index is 10.6. The SMILES string of the molecule is O=C(I)CC1CCNC1. The molecule has 52 valence electrons. The minimum absolute atomic E-state index is 0.293. The molecule has 0 spiro atoms. The van der Waals surface area contributed by atoms with Crippen molar-refractivity contribution in [3.05, 3.63) is 0 Å². The Labute approximate surface area is 68.5 Å². The minimum Gasteiger partial charge on any atom is -0.316 e. The first-order valence-electron chi connectivity index (χ1n) is 3.18. The van der Waals surface area contributed by atoms with Gasteiger partial charge in [0.15, 0.2) is 3.79 Å². The quantitative estimate of drug-likeness (QED) is 0.574. The van der Waals surface area contributed by atoms with Gasteiger partial charge in [0.1, 0.15) is 0 Å². The van der Waals surface area contributed by atoms with Crippen LogP contribution in [0.5, 0.6) is 0 Å². The number of nitrogens with one attached hydrogen (secondary N) is 1. The van der Waals surface area contributed by atoms with Crippen molar-refractivity contribution in [3.63, 3.8) is 0 Å². The van der Waals surface area contributed by atoms with E-state index in [2.05, 4.69) is 5.32 Å². The van der Waals surface area contributed by atoms with E-state index in [4.69, 9.17) is 0 Å². The Morgan fingerprint density at radius 3 is 3.00 bits per heavy atom. The zero-order valence-corrected chi connectivity index (χ0v) is 7.35. The van der Waals surface area contributed by atoms with Crippen molar-refractivity contribution in [2.45, 2.75) is 12.8 Å². The lowest BCUT2D eigenvalue weighted by Gasteiger charge is -2.01. The van der Waals surface area contributed by atoms with Crippen LogP contribution in [0, 0.1) is 5.92 Å². The molecular weight excluding hydrogens is 229 g/mol. The van der Waals surface area contributed by atoms with Gasteiger partial charge >= 0.3 is 0 Å². The predicted octanol–water partition coefficient (Wildman–Crippen LogP) is 0.948. The van der Waals surface area contributed by atoms with Crippen LogP contribution >= 0.6 is 22.6 Å². The summed E-state index contributed by atoms with van der Waals surface area (Å²) < 4.78 is 0.293. The van der Waals surface area contributed by atoms with Gasteiger partial charge in [0.25, 0.3) is 0 Å². The van der Waals surface area contributed by atoms with Crippen molar-refractivity contribution in [1.82, 2.24) is 5.32 Å². The summed E-state index contributed by atoms with van der Waals surface area (Å²) in [5.74, 6) is 0.620. The summed E-state index contributed by atoms with van der Waals surface area (Å²) in [6, 6.07) is 0. The van der Waals surface area contributed by atoms with Gasteiger partial charge in [-0.05, 0) is 48.0 Å². The molecule has 2 nitrogen and oxygen atoms in total. The van der Waals surface area contributed by atoms with E-state index in [-0.39, 0.29) is 0 Å². The van der Waals surface area contributed by atoms with Gasteiger partial charge in [-0.3, -0.25) is 4.79 Å². The highest BCUT2D eigenvalue weighted by Crippen LogP contribution is 2.13. The van der Waals surface area contributed by atoms with Crippen molar-refractivity contribution in [2.75, 3.05) is 13.1 Å². The third kappa shape index (κ3) is 2.62. The zero-order valence-electron chi connectivity index (χ0n) is 5.19. The molecule has 1 heterocycles. The third-order valence-corrected chi connectivity index (χ3v) is 2.05. The first-order chi connectivity index (χ1) is 4.29. The average molecular weight is 239 g/mol. The summed E-state index contributed by atoms with van der Waals surface area (Å²) in [5.41, 5.74) is 0. The number of carbonyl (C=O) groups excluding carboxylic acids is 1. The standard InChI is InChI=1S/C6H10INO/c7-6(9)3-5-1-2-8-4-5/h5,8H,1-4H2. The molecule has 0 aliphatic carbocycles. The van der Waals surface area contributed by atoms with Gasteiger partial charge < -0.3 is 5.32 Å². The van der Waals surface area contributed by atoms with Gasteiger partial charge in [0.05, 0.1) is 0 Å². The summed E-state index contributed by atoms with van der Waals surface area (Å²) >= 11 is 1.87. The van der Waals surface area contributed by atoms with Crippen LogP contribution in [0.1, 0.15) is 12.8 Å². The molecule has 0 aromatic rings. The Balaban J connectivity index is 2.19. The van der Waals surface area contributed by atoms with Gasteiger partial charge in [0.2, 0.25) is 0 Å². The maximum Gasteiger partial charge on any atom is 0.192 e. The normalized spacial score (nSPS) is 26.6. The molecule has 1 rings (SSSR count). The first kappa shape index (κ1) is 7.47. The Morgan fingerprint density at radius 1 is 1.78 bits per heavy atom. The summed E-state index contributed by atoms with van der Waals surface area (Å²) in [7, 11) is 0. The highest BCUT2D eigenvalue weighted by Gasteiger charge is 2.15. The van der Waals surface area contributed by atoms with Gasteiger partial charge in [-0.2, -0.15) is 0 Å². The van der Waals surface area contributed by atoms with Gasteiger partial charge in [0, 0.05) is 6.42 Å². The largest absolute Gasteiger partial charge is 0.316 e. The van der Waals surface area contributed by atoms with Crippen molar-refractivity contribution in [3.8, 4) is 0 Å². The monoisotopic (exact) mass is 239 g/mol. The highest BCUT2D eigenvalue weighted by molar-refractivity contribution is 14.1. The van der Waals surface area contributed by atoms with Crippen molar-refractivity contribution in [2.24, 2.45) is 5.92 Å². The molecule has 1 saturated heterocycles. The van der Waals surface area contributed by atoms with Gasteiger partial charge in [-0.1, -0.05) is 0 Å². The van der Waals surface area contributed by atoms with E-state index in [9.17, 15) is 4.79 Å². The lowest BCUT2D eigenvalue weighted by molar-refractivity contribution is -0.110. The van der Waals surface area contributed by atoms with Crippen LogP contribution in [0.25, 0.3) is 0 Å². The van der Waals surface area contributed by atoms with E-state index in [0.717, 1.165) is 19.5 Å². The summed E-state index contributed by atoms with van der Waals surface area (Å²) in [4.78, 5) is 10.6. The Kier molecular flexibility index (Phi) is 2.91. The van der Waals surface area contributed by atoms with E-state index in [0.29, 0.717) is 9.71 Å². The van der Waals surface area contributed by atoms with E-state index in [1.54, 1.807) is 0 Å². The lowest BCUT2D eigenvalue weighted by atomic mass is 10.1. The van der Waals surface area contributed by atoms with E-state index in [1.807, 2.05) is 22.6 Å². The molecule has 1 atom stereocenters. The fourth-order valence-corrected chi connectivity index (χ4v) is 1.74. The number of hydrogen-bond acceptors (Lipinski definition) is 2. The van der Waals surface area contributed by atoms with Crippen LogP contribution in [0.4, 0.5) is 0 Å². The van der Waals surface area contributed by atoms with Crippen molar-refractivity contribution >= 4 is 26.4 Å². The van der Waals surface area contributed by atoms with E-state index >= 15 is 0 Å². The fourth-order valence-electron chi connectivity index (χ4n) is 1.12. The van der Waals surface area contributed by atoms with Crippen LogP contribution in [-0.4, -0.2) is 16.9 Å². The predicted molar refractivity (Wildman–Crippen MR) is 44.6 cm³/mol. The third-order valence-electron chi connectivity index (χ3n) is 1.61. The van der Waals surface area contributed by atoms with E-state index < -0.39 is 0 Å². The molecule has 0 radical (unpaired) electrons. The van der Waals surface area contributed by atoms with Crippen LogP contribution in [-0.2, 0) is 4.79 Å². The molecule has 0 saturated carbocycles. The van der Waals surface area contributed by atoms with Crippen molar-refractivity contribution in [1.29, 1.82) is 0 Å². The van der Waals surface area contributed by atoms with Crippen LogP contribution in [0.3, 0.4) is 0 Å². The molecule has 3 heteroatoms. The summed E-state index contributed by atoms with van der Waals surface area (Å²) in [6.07, 6.45) is 1.93. The molecule has 0 aromatic heterocycles. The zero-order chi connectivity index (χ0) is 6.69. The molecule has 1 unspecified atom stereocenters. The second-order valence-corrected chi connectivity index (χ2v) is 3.62. The van der Waals surface area contributed by atoms with E-state index in [1.165, 1.54) is 6.42 Å². The van der Waals surface area contributed by atoms with Gasteiger partial charge in [-0.15, -0.1) is 0 Å². The topological polar surface area (TPSA) is 29.1 Å². The Morgan fingerprint density at radius 2 is 2.56 bits per heavy atom. The summed E-state index contributed by atoms with van der Waals surface area (Å²) in [5, 5.41) is 3.22. The summed E-state index contributed by atoms with van der Waals surface area (Å²) in [6.45, 7) is 2.13. The van der Waals surface area contributed by atoms with Gasteiger partial charge in [-0.25, -0.2) is 0 Å². The molecule has 0 aromatic carbocycles. The second kappa shape index (κ2) is 3.51. The maximum atomic E-state index is 10.6. The Bertz CT molecular complexity index is 110. The molecule has 0 amide bonds. The average Bonchev–Trinajstić information content (AvgIpc) is 2.15. The number of halogens is 1. The van der Waals surface area contributed by atoms with Crippen molar-refractivity contribution < 1.29 is 4.79 Å².